The van der Waals surface area contributed by atoms with Crippen molar-refractivity contribution < 1.29 is 4.39 Å². The fourth-order valence-electron chi connectivity index (χ4n) is 1.65. The number of benzene rings is 1. The van der Waals surface area contributed by atoms with Gasteiger partial charge in [-0.3, -0.25) is 0 Å². The van der Waals surface area contributed by atoms with Crippen molar-refractivity contribution in [2.45, 2.75) is 0 Å². The molecule has 0 aliphatic heterocycles. The van der Waals surface area contributed by atoms with Crippen molar-refractivity contribution in [3.05, 3.63) is 41.2 Å². The minimum absolute atomic E-state index is 0.312. The highest BCUT2D eigenvalue weighted by atomic mass is 32.1. The summed E-state index contributed by atoms with van der Waals surface area (Å²) in [5.74, 6) is 0.293. The molecular formula is C11H8FN5S. The molecule has 0 spiro atoms. The lowest BCUT2D eigenvalue weighted by Gasteiger charge is -2.06. The molecule has 90 valence electrons. The lowest BCUT2D eigenvalue weighted by Crippen LogP contribution is -1.97. The molecule has 5 nitrogen and oxygen atoms in total. The molecule has 3 N–H and O–H groups in total. The molecule has 18 heavy (non-hydrogen) atoms. The van der Waals surface area contributed by atoms with Crippen LogP contribution in [0.3, 0.4) is 0 Å². The average molecular weight is 261 g/mol. The van der Waals surface area contributed by atoms with E-state index in [0.717, 1.165) is 0 Å². The third kappa shape index (κ3) is 1.95. The first-order valence-corrected chi connectivity index (χ1v) is 5.59. The zero-order valence-electron chi connectivity index (χ0n) is 9.07. The highest BCUT2D eigenvalue weighted by molar-refractivity contribution is 7.71. The van der Waals surface area contributed by atoms with Gasteiger partial charge in [0, 0.05) is 5.69 Å². The second-order valence-electron chi connectivity index (χ2n) is 3.65. The third-order valence-corrected chi connectivity index (χ3v) is 2.60. The Kier molecular flexibility index (Phi) is 2.52. The maximum atomic E-state index is 13.1. The number of nitrogens with zero attached hydrogens (tertiary/aromatic N) is 2. The molecule has 0 aliphatic carbocycles. The standard InChI is InChI=1S/C11H8FN5S/c12-6-2-1-3-7(4-6)15-10-8-9(14-5-13-8)16-11(18)17-10/h1-5H,(H3,13,14,15,16,17,18). The van der Waals surface area contributed by atoms with Crippen molar-refractivity contribution in [3.63, 3.8) is 0 Å². The lowest BCUT2D eigenvalue weighted by molar-refractivity contribution is 0.628. The molecule has 0 aliphatic rings. The predicted octanol–water partition coefficient (Wildman–Crippen LogP) is 2.90. The Morgan fingerprint density at radius 1 is 1.33 bits per heavy atom. The lowest BCUT2D eigenvalue weighted by atomic mass is 10.3. The summed E-state index contributed by atoms with van der Waals surface area (Å²) in [7, 11) is 0. The normalized spacial score (nSPS) is 10.7. The van der Waals surface area contributed by atoms with Gasteiger partial charge in [0.05, 0.1) is 6.33 Å². The Morgan fingerprint density at radius 2 is 2.22 bits per heavy atom. The number of anilines is 2. The van der Waals surface area contributed by atoms with Crippen LogP contribution in [-0.2, 0) is 0 Å². The summed E-state index contributed by atoms with van der Waals surface area (Å²) in [5.41, 5.74) is 1.81. The average Bonchev–Trinajstić information content (AvgIpc) is 2.77. The molecule has 0 radical (unpaired) electrons. The van der Waals surface area contributed by atoms with Gasteiger partial charge >= 0.3 is 0 Å². The zero-order valence-corrected chi connectivity index (χ0v) is 9.88. The molecule has 1 aromatic carbocycles. The molecule has 0 atom stereocenters. The van der Waals surface area contributed by atoms with Crippen LogP contribution in [0, 0.1) is 10.6 Å². The van der Waals surface area contributed by atoms with Gasteiger partial charge in [0.25, 0.3) is 0 Å². The number of imidazole rings is 1. The van der Waals surface area contributed by atoms with E-state index in [9.17, 15) is 4.39 Å². The van der Waals surface area contributed by atoms with Gasteiger partial charge in [-0.2, -0.15) is 4.98 Å². The van der Waals surface area contributed by atoms with Gasteiger partial charge in [0.2, 0.25) is 4.77 Å². The van der Waals surface area contributed by atoms with E-state index >= 15 is 0 Å². The molecule has 7 heteroatoms. The number of rotatable bonds is 2. The van der Waals surface area contributed by atoms with E-state index in [-0.39, 0.29) is 5.82 Å². The highest BCUT2D eigenvalue weighted by Gasteiger charge is 2.06. The second-order valence-corrected chi connectivity index (χ2v) is 4.04. The van der Waals surface area contributed by atoms with Crippen molar-refractivity contribution >= 4 is 34.9 Å². The van der Waals surface area contributed by atoms with Crippen LogP contribution in [0.25, 0.3) is 11.2 Å². The van der Waals surface area contributed by atoms with Gasteiger partial charge in [-0.1, -0.05) is 6.07 Å². The van der Waals surface area contributed by atoms with Gasteiger partial charge in [0.15, 0.2) is 5.65 Å². The number of halogens is 1. The van der Waals surface area contributed by atoms with Crippen molar-refractivity contribution in [1.29, 1.82) is 0 Å². The summed E-state index contributed by atoms with van der Waals surface area (Å²) in [5, 5.41) is 3.04. The smallest absolute Gasteiger partial charge is 0.200 e. The summed E-state index contributed by atoms with van der Waals surface area (Å²) in [6, 6.07) is 6.14. The molecule has 0 bridgehead atoms. The Morgan fingerprint density at radius 3 is 3.06 bits per heavy atom. The minimum Gasteiger partial charge on any atom is -0.340 e. The Labute approximate surface area is 106 Å². The molecular weight excluding hydrogens is 253 g/mol. The monoisotopic (exact) mass is 261 g/mol. The first kappa shape index (κ1) is 10.8. The molecule has 0 fully saturated rings. The fourth-order valence-corrected chi connectivity index (χ4v) is 1.84. The van der Waals surface area contributed by atoms with E-state index in [0.29, 0.717) is 27.4 Å². The molecule has 0 saturated carbocycles. The number of fused-ring (bicyclic) bond motifs is 1. The molecule has 0 saturated heterocycles. The van der Waals surface area contributed by atoms with Crippen molar-refractivity contribution in [2.75, 3.05) is 5.32 Å². The molecule has 0 amide bonds. The van der Waals surface area contributed by atoms with Crippen LogP contribution in [0.4, 0.5) is 15.9 Å². The number of aromatic nitrogens is 4. The van der Waals surface area contributed by atoms with Crippen LogP contribution in [0.1, 0.15) is 0 Å². The third-order valence-electron chi connectivity index (χ3n) is 2.40. The summed E-state index contributed by atoms with van der Waals surface area (Å²) in [6.45, 7) is 0. The van der Waals surface area contributed by atoms with E-state index in [4.69, 9.17) is 12.2 Å². The maximum Gasteiger partial charge on any atom is 0.200 e. The number of nitrogens with one attached hydrogen (secondary N) is 3. The SMILES string of the molecule is Fc1cccc(Nc2[nH]c(=S)nc3nc[nH]c23)c1. The maximum absolute atomic E-state index is 13.1. The van der Waals surface area contributed by atoms with Crippen LogP contribution in [0.15, 0.2) is 30.6 Å². The van der Waals surface area contributed by atoms with Crippen molar-refractivity contribution in [3.8, 4) is 0 Å². The van der Waals surface area contributed by atoms with Gasteiger partial charge in [0.1, 0.15) is 17.2 Å². The summed E-state index contributed by atoms with van der Waals surface area (Å²) in [6.07, 6.45) is 1.52. The van der Waals surface area contributed by atoms with Crippen LogP contribution in [-0.4, -0.2) is 19.9 Å². The van der Waals surface area contributed by atoms with Crippen LogP contribution >= 0.6 is 12.2 Å². The first-order valence-electron chi connectivity index (χ1n) is 5.18. The van der Waals surface area contributed by atoms with Gasteiger partial charge < -0.3 is 15.3 Å². The predicted molar refractivity (Wildman–Crippen MR) is 68.8 cm³/mol. The first-order chi connectivity index (χ1) is 8.72. The Hall–Kier alpha value is -2.28. The van der Waals surface area contributed by atoms with Gasteiger partial charge in [-0.25, -0.2) is 9.37 Å². The summed E-state index contributed by atoms with van der Waals surface area (Å²) >= 11 is 5.00. The Bertz CT molecular complexity index is 763. The van der Waals surface area contributed by atoms with Gasteiger partial charge in [-0.05, 0) is 30.4 Å². The van der Waals surface area contributed by atoms with E-state index < -0.39 is 0 Å². The summed E-state index contributed by atoms with van der Waals surface area (Å²) < 4.78 is 13.4. The number of H-pyrrole nitrogens is 2. The van der Waals surface area contributed by atoms with E-state index in [1.54, 1.807) is 12.1 Å². The van der Waals surface area contributed by atoms with Crippen LogP contribution in [0.5, 0.6) is 0 Å². The fraction of sp³-hybridized carbons (Fsp3) is 0. The zero-order chi connectivity index (χ0) is 12.5. The van der Waals surface area contributed by atoms with Gasteiger partial charge in [-0.15, -0.1) is 0 Å². The highest BCUT2D eigenvalue weighted by Crippen LogP contribution is 2.20. The Balaban J connectivity index is 2.09. The number of aromatic amines is 2. The molecule has 3 aromatic rings. The number of hydrogen-bond acceptors (Lipinski definition) is 4. The largest absolute Gasteiger partial charge is 0.340 e. The number of hydrogen-bond donors (Lipinski definition) is 3. The second kappa shape index (κ2) is 4.19. The van der Waals surface area contributed by atoms with Crippen LogP contribution in [0.2, 0.25) is 0 Å². The van der Waals surface area contributed by atoms with E-state index in [2.05, 4.69) is 25.3 Å². The van der Waals surface area contributed by atoms with E-state index in [1.807, 2.05) is 0 Å². The molecule has 2 aromatic heterocycles. The van der Waals surface area contributed by atoms with Crippen molar-refractivity contribution in [2.24, 2.45) is 0 Å². The molecule has 3 rings (SSSR count). The van der Waals surface area contributed by atoms with E-state index in [1.165, 1.54) is 18.5 Å². The quantitative estimate of drug-likeness (QED) is 0.620. The minimum atomic E-state index is -0.312. The summed E-state index contributed by atoms with van der Waals surface area (Å²) in [4.78, 5) is 13.9. The topological polar surface area (TPSA) is 69.4 Å². The molecule has 2 heterocycles. The van der Waals surface area contributed by atoms with Crippen molar-refractivity contribution in [1.82, 2.24) is 19.9 Å². The van der Waals surface area contributed by atoms with Crippen LogP contribution < -0.4 is 5.32 Å². The molecule has 0 unspecified atom stereocenters.